The highest BCUT2D eigenvalue weighted by atomic mass is 32.1. The quantitative estimate of drug-likeness (QED) is 0.301. The number of nitrogens with zero attached hydrogens (tertiary/aromatic N) is 3. The average molecular weight is 480 g/mol. The predicted octanol–water partition coefficient (Wildman–Crippen LogP) is 4.58. The number of carbonyl (C=O) groups is 2. The third kappa shape index (κ3) is 4.26. The first-order chi connectivity index (χ1) is 16.3. The van der Waals surface area contributed by atoms with E-state index in [1.165, 1.54) is 16.2 Å². The second-order valence-corrected chi connectivity index (χ2v) is 8.87. The Bertz CT molecular complexity index is 1270. The number of benzene rings is 2. The number of aliphatic hydroxyl groups excluding tert-OH is 1. The topological polar surface area (TPSA) is 102 Å². The molecule has 0 bridgehead atoms. The lowest BCUT2D eigenvalue weighted by atomic mass is 9.95. The maximum atomic E-state index is 13.2. The molecule has 8 nitrogen and oxygen atoms in total. The van der Waals surface area contributed by atoms with E-state index in [4.69, 9.17) is 9.47 Å². The number of Topliss-reactive ketones (excluding diaryl/α,β-unsaturated/α-hetero) is 1. The molecule has 1 aliphatic rings. The van der Waals surface area contributed by atoms with Crippen LogP contribution in [-0.4, -0.2) is 40.2 Å². The summed E-state index contributed by atoms with van der Waals surface area (Å²) in [6.07, 6.45) is 0. The lowest BCUT2D eigenvalue weighted by Gasteiger charge is -2.23. The fourth-order valence-electron chi connectivity index (χ4n) is 3.83. The van der Waals surface area contributed by atoms with E-state index in [0.717, 1.165) is 5.56 Å². The zero-order valence-corrected chi connectivity index (χ0v) is 20.2. The number of hydrogen-bond donors (Lipinski definition) is 1. The second kappa shape index (κ2) is 9.64. The van der Waals surface area contributed by atoms with E-state index in [1.807, 2.05) is 32.9 Å². The molecule has 0 spiro atoms. The number of carbonyl (C=O) groups excluding carboxylic acids is 2. The first kappa shape index (κ1) is 23.4. The van der Waals surface area contributed by atoms with Crippen LogP contribution in [0.4, 0.5) is 5.13 Å². The van der Waals surface area contributed by atoms with E-state index in [0.29, 0.717) is 40.8 Å². The van der Waals surface area contributed by atoms with Crippen LogP contribution in [0.15, 0.2) is 48.0 Å². The van der Waals surface area contributed by atoms with Gasteiger partial charge in [-0.05, 0) is 45.4 Å². The fourth-order valence-corrected chi connectivity index (χ4v) is 4.55. The van der Waals surface area contributed by atoms with Crippen molar-refractivity contribution < 1.29 is 24.2 Å². The Hall–Kier alpha value is -3.72. The summed E-state index contributed by atoms with van der Waals surface area (Å²) in [6.45, 7) is 8.28. The van der Waals surface area contributed by atoms with Crippen LogP contribution >= 0.6 is 11.3 Å². The van der Waals surface area contributed by atoms with Gasteiger partial charge in [-0.2, -0.15) is 0 Å². The molecule has 1 amide bonds. The molecule has 1 aromatic heterocycles. The zero-order valence-electron chi connectivity index (χ0n) is 19.4. The predicted molar refractivity (Wildman–Crippen MR) is 129 cm³/mol. The maximum absolute atomic E-state index is 13.2. The van der Waals surface area contributed by atoms with Crippen LogP contribution < -0.4 is 14.4 Å². The van der Waals surface area contributed by atoms with Crippen molar-refractivity contribution in [3.8, 4) is 11.5 Å². The average Bonchev–Trinajstić information content (AvgIpc) is 3.36. The molecule has 2 aromatic carbocycles. The van der Waals surface area contributed by atoms with Crippen molar-refractivity contribution in [1.82, 2.24) is 10.2 Å². The molecule has 1 fully saturated rings. The zero-order chi connectivity index (χ0) is 24.4. The fraction of sp³-hybridized carbons (Fsp3) is 0.280. The van der Waals surface area contributed by atoms with Crippen LogP contribution in [0, 0.1) is 13.8 Å². The summed E-state index contributed by atoms with van der Waals surface area (Å²) in [4.78, 5) is 27.7. The van der Waals surface area contributed by atoms with Gasteiger partial charge in [0.1, 0.15) is 10.8 Å². The second-order valence-electron chi connectivity index (χ2n) is 7.71. The molecule has 2 heterocycles. The third-order valence-corrected chi connectivity index (χ3v) is 6.21. The van der Waals surface area contributed by atoms with E-state index in [1.54, 1.807) is 37.3 Å². The van der Waals surface area contributed by atoms with Crippen LogP contribution in [0.3, 0.4) is 0 Å². The van der Waals surface area contributed by atoms with Gasteiger partial charge in [-0.15, -0.1) is 10.2 Å². The van der Waals surface area contributed by atoms with Crippen molar-refractivity contribution in [2.75, 3.05) is 18.1 Å². The number of aromatic nitrogens is 2. The van der Waals surface area contributed by atoms with E-state index in [2.05, 4.69) is 10.2 Å². The van der Waals surface area contributed by atoms with E-state index >= 15 is 0 Å². The number of hydrogen-bond acceptors (Lipinski definition) is 8. The molecule has 34 heavy (non-hydrogen) atoms. The van der Waals surface area contributed by atoms with Crippen LogP contribution in [0.5, 0.6) is 11.5 Å². The summed E-state index contributed by atoms with van der Waals surface area (Å²) in [7, 11) is 0. The van der Waals surface area contributed by atoms with Crippen molar-refractivity contribution in [2.45, 2.75) is 33.7 Å². The van der Waals surface area contributed by atoms with Crippen LogP contribution in [0.2, 0.25) is 0 Å². The minimum Gasteiger partial charge on any atom is -0.507 e. The van der Waals surface area contributed by atoms with Crippen LogP contribution in [-0.2, 0) is 9.59 Å². The van der Waals surface area contributed by atoms with Gasteiger partial charge in [-0.3, -0.25) is 14.5 Å². The monoisotopic (exact) mass is 479 g/mol. The smallest absolute Gasteiger partial charge is 0.301 e. The lowest BCUT2D eigenvalue weighted by Crippen LogP contribution is -2.29. The molecule has 4 rings (SSSR count). The van der Waals surface area contributed by atoms with Crippen LogP contribution in [0.25, 0.3) is 5.76 Å². The van der Waals surface area contributed by atoms with Crippen molar-refractivity contribution in [3.05, 3.63) is 69.7 Å². The summed E-state index contributed by atoms with van der Waals surface area (Å²) in [5, 5.41) is 20.2. The van der Waals surface area contributed by atoms with Crippen LogP contribution in [0.1, 0.15) is 41.6 Å². The number of ketones is 1. The van der Waals surface area contributed by atoms with Gasteiger partial charge in [0.15, 0.2) is 11.5 Å². The summed E-state index contributed by atoms with van der Waals surface area (Å²) in [5.41, 5.74) is 2.00. The highest BCUT2D eigenvalue weighted by molar-refractivity contribution is 7.15. The van der Waals surface area contributed by atoms with Crippen molar-refractivity contribution in [3.63, 3.8) is 0 Å². The molecule has 176 valence electrons. The maximum Gasteiger partial charge on any atom is 0.301 e. The number of rotatable bonds is 7. The summed E-state index contributed by atoms with van der Waals surface area (Å²) in [5.74, 6) is -0.782. The Morgan fingerprint density at radius 3 is 2.29 bits per heavy atom. The van der Waals surface area contributed by atoms with Gasteiger partial charge in [0.2, 0.25) is 5.13 Å². The van der Waals surface area contributed by atoms with E-state index in [-0.39, 0.29) is 16.5 Å². The van der Waals surface area contributed by atoms with Gasteiger partial charge in [0.25, 0.3) is 5.78 Å². The largest absolute Gasteiger partial charge is 0.507 e. The Labute approximate surface area is 201 Å². The Kier molecular flexibility index (Phi) is 6.65. The highest BCUT2D eigenvalue weighted by Gasteiger charge is 2.48. The minimum absolute atomic E-state index is 0.0201. The standard InChI is InChI=1S/C25H25N3O5S/c1-5-32-18-12-11-17(13-19(18)33-6-2)21-20(22(29)16-9-7-14(3)8-10-16)23(30)24(31)28(21)25-27-26-15(4)34-25/h7-13,21,29H,5-6H2,1-4H3/b22-20+. The number of amides is 1. The molecule has 0 saturated carbocycles. The van der Waals surface area contributed by atoms with Gasteiger partial charge in [0, 0.05) is 5.56 Å². The minimum atomic E-state index is -0.913. The molecule has 1 unspecified atom stereocenters. The van der Waals surface area contributed by atoms with Crippen molar-refractivity contribution in [2.24, 2.45) is 0 Å². The molecular formula is C25H25N3O5S. The Morgan fingerprint density at radius 1 is 1.00 bits per heavy atom. The Balaban J connectivity index is 1.93. The molecule has 3 aromatic rings. The van der Waals surface area contributed by atoms with Gasteiger partial charge in [0.05, 0.1) is 24.8 Å². The number of aliphatic hydroxyl groups is 1. The molecular weight excluding hydrogens is 454 g/mol. The molecule has 1 N–H and O–H groups in total. The normalized spacial score (nSPS) is 17.3. The summed E-state index contributed by atoms with van der Waals surface area (Å²) in [6, 6.07) is 11.4. The molecule has 0 aliphatic carbocycles. The van der Waals surface area contributed by atoms with Crippen molar-refractivity contribution >= 4 is 33.9 Å². The van der Waals surface area contributed by atoms with Gasteiger partial charge in [-0.25, -0.2) is 0 Å². The number of aryl methyl sites for hydroxylation is 2. The molecule has 1 aliphatic heterocycles. The van der Waals surface area contributed by atoms with Gasteiger partial charge >= 0.3 is 5.91 Å². The molecule has 0 radical (unpaired) electrons. The molecule has 1 saturated heterocycles. The lowest BCUT2D eigenvalue weighted by molar-refractivity contribution is -0.132. The first-order valence-corrected chi connectivity index (χ1v) is 11.7. The van der Waals surface area contributed by atoms with E-state index < -0.39 is 17.7 Å². The molecule has 9 heteroatoms. The SMILES string of the molecule is CCOc1ccc(C2/C(=C(\O)c3ccc(C)cc3)C(=O)C(=O)N2c2nnc(C)s2)cc1OCC. The highest BCUT2D eigenvalue weighted by Crippen LogP contribution is 2.44. The summed E-state index contributed by atoms with van der Waals surface area (Å²) >= 11 is 1.20. The summed E-state index contributed by atoms with van der Waals surface area (Å²) < 4.78 is 11.4. The Morgan fingerprint density at radius 2 is 1.68 bits per heavy atom. The van der Waals surface area contributed by atoms with Gasteiger partial charge in [-0.1, -0.05) is 47.2 Å². The van der Waals surface area contributed by atoms with Gasteiger partial charge < -0.3 is 14.6 Å². The molecule has 1 atom stereocenters. The van der Waals surface area contributed by atoms with Crippen molar-refractivity contribution in [1.29, 1.82) is 0 Å². The van der Waals surface area contributed by atoms with E-state index in [9.17, 15) is 14.7 Å². The first-order valence-electron chi connectivity index (χ1n) is 10.9. The number of ether oxygens (including phenoxy) is 2. The third-order valence-electron chi connectivity index (χ3n) is 5.37. The number of anilines is 1.